The molecule has 0 atom stereocenters. The fourth-order valence-electron chi connectivity index (χ4n) is 1.07. The number of amides is 1. The number of ether oxygens (including phenoxy) is 1. The van der Waals surface area contributed by atoms with Crippen molar-refractivity contribution in [2.45, 2.75) is 0 Å². The van der Waals surface area contributed by atoms with Crippen LogP contribution in [0.1, 0.15) is 5.56 Å². The number of rotatable bonds is 1. The van der Waals surface area contributed by atoms with Crippen LogP contribution < -0.4 is 10.5 Å². The molecular formula is C8H7N3O2. The number of aromatic nitrogens is 2. The summed E-state index contributed by atoms with van der Waals surface area (Å²) in [5, 5.41) is 0. The van der Waals surface area contributed by atoms with Crippen molar-refractivity contribution in [1.29, 1.82) is 0 Å². The molecule has 2 rings (SSSR count). The van der Waals surface area contributed by atoms with E-state index in [9.17, 15) is 4.79 Å². The summed E-state index contributed by atoms with van der Waals surface area (Å²) >= 11 is 0. The Morgan fingerprint density at radius 2 is 2.46 bits per heavy atom. The first-order valence-corrected chi connectivity index (χ1v) is 3.70. The molecule has 0 fully saturated rings. The maximum absolute atomic E-state index is 10.8. The SMILES string of the molecule is NC(=O)C1=Cc2cncnc2OC1. The molecular weight excluding hydrogens is 170 g/mol. The van der Waals surface area contributed by atoms with Gasteiger partial charge in [0.2, 0.25) is 11.8 Å². The predicted octanol–water partition coefficient (Wildman–Crippen LogP) is -0.262. The van der Waals surface area contributed by atoms with E-state index in [1.807, 2.05) is 0 Å². The minimum Gasteiger partial charge on any atom is -0.472 e. The Kier molecular flexibility index (Phi) is 1.70. The average molecular weight is 177 g/mol. The summed E-state index contributed by atoms with van der Waals surface area (Å²) in [6.45, 7) is 0.180. The number of fused-ring (bicyclic) bond motifs is 1. The highest BCUT2D eigenvalue weighted by atomic mass is 16.5. The lowest BCUT2D eigenvalue weighted by atomic mass is 10.1. The van der Waals surface area contributed by atoms with Crippen molar-refractivity contribution in [3.05, 3.63) is 23.7 Å². The average Bonchev–Trinajstić information content (AvgIpc) is 2.17. The summed E-state index contributed by atoms with van der Waals surface area (Å²) in [5.74, 6) is 0.00880. The van der Waals surface area contributed by atoms with E-state index in [-0.39, 0.29) is 6.61 Å². The second kappa shape index (κ2) is 2.85. The zero-order chi connectivity index (χ0) is 9.26. The topological polar surface area (TPSA) is 78.1 Å². The van der Waals surface area contributed by atoms with Gasteiger partial charge in [0.25, 0.3) is 0 Å². The lowest BCUT2D eigenvalue weighted by Crippen LogP contribution is -2.21. The summed E-state index contributed by atoms with van der Waals surface area (Å²) in [7, 11) is 0. The molecule has 2 N–H and O–H groups in total. The zero-order valence-electron chi connectivity index (χ0n) is 6.73. The van der Waals surface area contributed by atoms with E-state index in [2.05, 4.69) is 9.97 Å². The van der Waals surface area contributed by atoms with E-state index in [4.69, 9.17) is 10.5 Å². The first-order valence-electron chi connectivity index (χ1n) is 3.70. The van der Waals surface area contributed by atoms with Crippen molar-refractivity contribution in [3.63, 3.8) is 0 Å². The van der Waals surface area contributed by atoms with Gasteiger partial charge >= 0.3 is 0 Å². The fourth-order valence-corrected chi connectivity index (χ4v) is 1.07. The van der Waals surface area contributed by atoms with Crippen LogP contribution in [0.15, 0.2) is 18.1 Å². The van der Waals surface area contributed by atoms with Crippen molar-refractivity contribution < 1.29 is 9.53 Å². The van der Waals surface area contributed by atoms with Gasteiger partial charge in [-0.15, -0.1) is 0 Å². The Hall–Kier alpha value is -1.91. The third kappa shape index (κ3) is 1.35. The molecule has 0 saturated carbocycles. The van der Waals surface area contributed by atoms with Crippen molar-refractivity contribution in [2.75, 3.05) is 6.61 Å². The molecule has 1 aromatic heterocycles. The molecule has 0 aromatic carbocycles. The lowest BCUT2D eigenvalue weighted by molar-refractivity contribution is -0.114. The molecule has 1 amide bonds. The Morgan fingerprint density at radius 1 is 1.62 bits per heavy atom. The highest BCUT2D eigenvalue weighted by Crippen LogP contribution is 2.21. The monoisotopic (exact) mass is 177 g/mol. The Bertz CT molecular complexity index is 387. The smallest absolute Gasteiger partial charge is 0.248 e. The van der Waals surface area contributed by atoms with Crippen LogP contribution in [0.2, 0.25) is 0 Å². The van der Waals surface area contributed by atoms with Gasteiger partial charge in [-0.25, -0.2) is 9.97 Å². The number of hydrogen-bond donors (Lipinski definition) is 1. The number of hydrogen-bond acceptors (Lipinski definition) is 4. The molecule has 1 aliphatic heterocycles. The summed E-state index contributed by atoms with van der Waals surface area (Å²) < 4.78 is 5.18. The summed E-state index contributed by atoms with van der Waals surface area (Å²) in [6.07, 6.45) is 4.60. The molecule has 66 valence electrons. The molecule has 0 saturated heterocycles. The van der Waals surface area contributed by atoms with Gasteiger partial charge in [0.15, 0.2) is 0 Å². The molecule has 2 heterocycles. The normalized spacial score (nSPS) is 14.0. The summed E-state index contributed by atoms with van der Waals surface area (Å²) in [6, 6.07) is 0. The number of nitrogens with two attached hydrogens (primary N) is 1. The summed E-state index contributed by atoms with van der Waals surface area (Å²) in [5.41, 5.74) is 6.21. The van der Waals surface area contributed by atoms with Gasteiger partial charge in [-0.3, -0.25) is 4.79 Å². The van der Waals surface area contributed by atoms with Crippen LogP contribution >= 0.6 is 0 Å². The van der Waals surface area contributed by atoms with Crippen molar-refractivity contribution in [3.8, 4) is 5.88 Å². The van der Waals surface area contributed by atoms with Crippen molar-refractivity contribution in [2.24, 2.45) is 5.73 Å². The van der Waals surface area contributed by atoms with Crippen LogP contribution in [0, 0.1) is 0 Å². The van der Waals surface area contributed by atoms with Gasteiger partial charge in [-0.2, -0.15) is 0 Å². The van der Waals surface area contributed by atoms with E-state index in [1.54, 1.807) is 12.3 Å². The van der Waals surface area contributed by atoms with Crippen LogP contribution in [-0.4, -0.2) is 22.5 Å². The first-order chi connectivity index (χ1) is 6.27. The highest BCUT2D eigenvalue weighted by molar-refractivity contribution is 5.97. The molecule has 1 aromatic rings. The van der Waals surface area contributed by atoms with E-state index in [0.717, 1.165) is 0 Å². The fraction of sp³-hybridized carbons (Fsp3) is 0.125. The molecule has 5 heteroatoms. The standard InChI is InChI=1S/C8H7N3O2/c9-7(12)6-1-5-2-10-4-11-8(5)13-3-6/h1-2,4H,3H2,(H2,9,12). The minimum absolute atomic E-state index is 0.180. The second-order valence-electron chi connectivity index (χ2n) is 2.61. The maximum atomic E-state index is 10.8. The number of carbonyl (C=O) groups excluding carboxylic acids is 1. The highest BCUT2D eigenvalue weighted by Gasteiger charge is 2.15. The van der Waals surface area contributed by atoms with Crippen molar-refractivity contribution >= 4 is 12.0 Å². The molecule has 0 radical (unpaired) electrons. The second-order valence-corrected chi connectivity index (χ2v) is 2.61. The molecule has 0 unspecified atom stereocenters. The molecule has 0 spiro atoms. The molecule has 13 heavy (non-hydrogen) atoms. The largest absolute Gasteiger partial charge is 0.472 e. The van der Waals surface area contributed by atoms with E-state index < -0.39 is 5.91 Å². The van der Waals surface area contributed by atoms with Crippen LogP contribution in [0.5, 0.6) is 5.88 Å². The third-order valence-corrected chi connectivity index (χ3v) is 1.71. The maximum Gasteiger partial charge on any atom is 0.248 e. The molecule has 0 bridgehead atoms. The minimum atomic E-state index is -0.477. The van der Waals surface area contributed by atoms with Crippen LogP contribution in [0.4, 0.5) is 0 Å². The van der Waals surface area contributed by atoms with Gasteiger partial charge in [0, 0.05) is 6.20 Å². The van der Waals surface area contributed by atoms with E-state index >= 15 is 0 Å². The van der Waals surface area contributed by atoms with Crippen molar-refractivity contribution in [1.82, 2.24) is 9.97 Å². The number of carbonyl (C=O) groups is 1. The first kappa shape index (κ1) is 7.72. The van der Waals surface area contributed by atoms with E-state index in [0.29, 0.717) is 17.0 Å². The number of primary amides is 1. The van der Waals surface area contributed by atoms with Gasteiger partial charge in [-0.1, -0.05) is 0 Å². The molecule has 0 aliphatic carbocycles. The van der Waals surface area contributed by atoms with Crippen LogP contribution in [-0.2, 0) is 4.79 Å². The lowest BCUT2D eigenvalue weighted by Gasteiger charge is -2.13. The Labute approximate surface area is 74.2 Å². The van der Waals surface area contributed by atoms with Crippen LogP contribution in [0.3, 0.4) is 0 Å². The van der Waals surface area contributed by atoms with Crippen LogP contribution in [0.25, 0.3) is 6.08 Å². The molecule has 5 nitrogen and oxygen atoms in total. The van der Waals surface area contributed by atoms with Gasteiger partial charge in [0.1, 0.15) is 12.9 Å². The number of nitrogens with zero attached hydrogens (tertiary/aromatic N) is 2. The van der Waals surface area contributed by atoms with Gasteiger partial charge in [0.05, 0.1) is 11.1 Å². The van der Waals surface area contributed by atoms with Gasteiger partial charge in [-0.05, 0) is 6.08 Å². The molecule has 1 aliphatic rings. The van der Waals surface area contributed by atoms with E-state index in [1.165, 1.54) is 6.33 Å². The van der Waals surface area contributed by atoms with Gasteiger partial charge < -0.3 is 10.5 Å². The quantitative estimate of drug-likeness (QED) is 0.640. The Morgan fingerprint density at radius 3 is 3.23 bits per heavy atom. The predicted molar refractivity (Wildman–Crippen MR) is 44.7 cm³/mol. The zero-order valence-corrected chi connectivity index (χ0v) is 6.73. The summed E-state index contributed by atoms with van der Waals surface area (Å²) in [4.78, 5) is 18.5. The third-order valence-electron chi connectivity index (χ3n) is 1.71. The Balaban J connectivity index is 2.44.